The summed E-state index contributed by atoms with van der Waals surface area (Å²) in [6.45, 7) is 2.16. The number of aromatic carboxylic acids is 1. The van der Waals surface area contributed by atoms with E-state index in [-0.39, 0.29) is 10.0 Å². The largest absolute Gasteiger partial charge is 0.478 e. The number of nitrogens with one attached hydrogen (secondary N) is 1. The minimum atomic E-state index is -1.15. The van der Waals surface area contributed by atoms with Crippen LogP contribution in [0, 0.1) is 11.7 Å². The SMILES string of the molecule is O=C(O)c1ccc(NCC2CCOCC2)c(F)c1Br. The Balaban J connectivity index is 2.04. The van der Waals surface area contributed by atoms with E-state index < -0.39 is 11.8 Å². The number of ether oxygens (including phenoxy) is 1. The summed E-state index contributed by atoms with van der Waals surface area (Å²) in [7, 11) is 0. The number of carboxylic acids is 1. The Bertz CT molecular complexity index is 475. The summed E-state index contributed by atoms with van der Waals surface area (Å²) in [4.78, 5) is 10.9. The fourth-order valence-corrected chi connectivity index (χ4v) is 2.57. The summed E-state index contributed by atoms with van der Waals surface area (Å²) >= 11 is 2.98. The molecule has 0 unspecified atom stereocenters. The second-order valence-electron chi connectivity index (χ2n) is 4.53. The second-order valence-corrected chi connectivity index (χ2v) is 5.32. The third-order valence-electron chi connectivity index (χ3n) is 3.23. The van der Waals surface area contributed by atoms with Gasteiger partial charge in [0.25, 0.3) is 0 Å². The Morgan fingerprint density at radius 2 is 2.16 bits per heavy atom. The van der Waals surface area contributed by atoms with Gasteiger partial charge in [0.15, 0.2) is 5.82 Å². The Morgan fingerprint density at radius 3 is 2.79 bits per heavy atom. The number of rotatable bonds is 4. The van der Waals surface area contributed by atoms with Crippen LogP contribution < -0.4 is 5.32 Å². The standard InChI is InChI=1S/C13H15BrFNO3/c14-11-9(13(17)18)1-2-10(12(11)15)16-7-8-3-5-19-6-4-8/h1-2,8,16H,3-7H2,(H,17,18). The van der Waals surface area contributed by atoms with E-state index in [1.54, 1.807) is 0 Å². The van der Waals surface area contributed by atoms with Crippen LogP contribution in [-0.2, 0) is 4.74 Å². The number of hydrogen-bond donors (Lipinski definition) is 2. The van der Waals surface area contributed by atoms with Gasteiger partial charge in [-0.2, -0.15) is 0 Å². The molecule has 2 N–H and O–H groups in total. The van der Waals surface area contributed by atoms with Crippen molar-refractivity contribution in [1.29, 1.82) is 0 Å². The highest BCUT2D eigenvalue weighted by molar-refractivity contribution is 9.10. The number of benzene rings is 1. The molecule has 1 aromatic carbocycles. The van der Waals surface area contributed by atoms with Crippen molar-refractivity contribution in [2.45, 2.75) is 12.8 Å². The van der Waals surface area contributed by atoms with Gasteiger partial charge in [0.2, 0.25) is 0 Å². The quantitative estimate of drug-likeness (QED) is 0.889. The molecule has 0 amide bonds. The minimum Gasteiger partial charge on any atom is -0.478 e. The monoisotopic (exact) mass is 331 g/mol. The molecule has 0 atom stereocenters. The molecule has 0 aromatic heterocycles. The Kier molecular flexibility index (Phi) is 4.76. The molecule has 0 spiro atoms. The number of carbonyl (C=O) groups is 1. The van der Waals surface area contributed by atoms with Gasteiger partial charge in [-0.25, -0.2) is 9.18 Å². The van der Waals surface area contributed by atoms with Crippen molar-refractivity contribution in [3.8, 4) is 0 Å². The summed E-state index contributed by atoms with van der Waals surface area (Å²) in [6, 6.07) is 2.85. The van der Waals surface area contributed by atoms with E-state index in [4.69, 9.17) is 9.84 Å². The van der Waals surface area contributed by atoms with E-state index in [9.17, 15) is 9.18 Å². The van der Waals surface area contributed by atoms with Crippen molar-refractivity contribution < 1.29 is 19.0 Å². The van der Waals surface area contributed by atoms with E-state index in [1.807, 2.05) is 0 Å². The topological polar surface area (TPSA) is 58.6 Å². The first-order valence-electron chi connectivity index (χ1n) is 6.12. The summed E-state index contributed by atoms with van der Waals surface area (Å²) in [5.74, 6) is -1.25. The van der Waals surface area contributed by atoms with E-state index >= 15 is 0 Å². The maximum absolute atomic E-state index is 14.0. The summed E-state index contributed by atoms with van der Waals surface area (Å²) in [5.41, 5.74) is 0.248. The highest BCUT2D eigenvalue weighted by Crippen LogP contribution is 2.27. The minimum absolute atomic E-state index is 0.0167. The third-order valence-corrected chi connectivity index (χ3v) is 4.01. The molecule has 0 bridgehead atoms. The van der Waals surface area contributed by atoms with Crippen molar-refractivity contribution in [3.63, 3.8) is 0 Å². The molecular weight excluding hydrogens is 317 g/mol. The fraction of sp³-hybridized carbons (Fsp3) is 0.462. The number of hydrogen-bond acceptors (Lipinski definition) is 3. The maximum Gasteiger partial charge on any atom is 0.336 e. The number of halogens is 2. The lowest BCUT2D eigenvalue weighted by Crippen LogP contribution is -2.23. The lowest BCUT2D eigenvalue weighted by atomic mass is 10.0. The van der Waals surface area contributed by atoms with Crippen molar-refractivity contribution in [2.24, 2.45) is 5.92 Å². The van der Waals surface area contributed by atoms with Gasteiger partial charge < -0.3 is 15.2 Å². The Labute approximate surface area is 119 Å². The molecule has 6 heteroatoms. The van der Waals surface area contributed by atoms with Crippen LogP contribution in [-0.4, -0.2) is 30.8 Å². The highest BCUT2D eigenvalue weighted by atomic mass is 79.9. The van der Waals surface area contributed by atoms with Crippen molar-refractivity contribution in [3.05, 3.63) is 28.0 Å². The molecule has 1 aliphatic heterocycles. The highest BCUT2D eigenvalue weighted by Gasteiger charge is 2.17. The van der Waals surface area contributed by atoms with Gasteiger partial charge >= 0.3 is 5.97 Å². The summed E-state index contributed by atoms with van der Waals surface area (Å²) < 4.78 is 19.2. The molecule has 19 heavy (non-hydrogen) atoms. The van der Waals surface area contributed by atoms with Crippen molar-refractivity contribution >= 4 is 27.6 Å². The van der Waals surface area contributed by atoms with Crippen molar-refractivity contribution in [2.75, 3.05) is 25.1 Å². The average Bonchev–Trinajstić information content (AvgIpc) is 2.41. The maximum atomic E-state index is 14.0. The van der Waals surface area contributed by atoms with Gasteiger partial charge in [0.05, 0.1) is 15.7 Å². The predicted octanol–water partition coefficient (Wildman–Crippen LogP) is 3.12. The molecular formula is C13H15BrFNO3. The average molecular weight is 332 g/mol. The van der Waals surface area contributed by atoms with E-state index in [0.29, 0.717) is 18.2 Å². The molecule has 0 saturated carbocycles. The zero-order valence-corrected chi connectivity index (χ0v) is 11.9. The fourth-order valence-electron chi connectivity index (χ4n) is 2.06. The van der Waals surface area contributed by atoms with Crippen LogP contribution in [0.25, 0.3) is 0 Å². The zero-order chi connectivity index (χ0) is 13.8. The van der Waals surface area contributed by atoms with E-state index in [0.717, 1.165) is 26.1 Å². The van der Waals surface area contributed by atoms with Gasteiger partial charge in [-0.3, -0.25) is 0 Å². The Morgan fingerprint density at radius 1 is 1.47 bits per heavy atom. The molecule has 1 aliphatic rings. The smallest absolute Gasteiger partial charge is 0.336 e. The molecule has 4 nitrogen and oxygen atoms in total. The third kappa shape index (κ3) is 3.45. The van der Waals surface area contributed by atoms with Crippen LogP contribution in [0.3, 0.4) is 0 Å². The van der Waals surface area contributed by atoms with Gasteiger partial charge in [-0.05, 0) is 46.8 Å². The molecule has 1 heterocycles. The number of anilines is 1. The van der Waals surface area contributed by atoms with Crippen molar-refractivity contribution in [1.82, 2.24) is 0 Å². The summed E-state index contributed by atoms with van der Waals surface area (Å²) in [5, 5.41) is 11.9. The number of carboxylic acid groups (broad SMARTS) is 1. The van der Waals surface area contributed by atoms with Crippen LogP contribution in [0.2, 0.25) is 0 Å². The van der Waals surface area contributed by atoms with Gasteiger partial charge in [0.1, 0.15) is 0 Å². The predicted molar refractivity (Wildman–Crippen MR) is 73.1 cm³/mol. The van der Waals surface area contributed by atoms with E-state index in [1.165, 1.54) is 12.1 Å². The normalized spacial score (nSPS) is 16.3. The van der Waals surface area contributed by atoms with Gasteiger partial charge in [-0.15, -0.1) is 0 Å². The molecule has 0 radical (unpaired) electrons. The first-order chi connectivity index (χ1) is 9.09. The van der Waals surface area contributed by atoms with Crippen LogP contribution >= 0.6 is 15.9 Å². The molecule has 104 valence electrons. The first-order valence-corrected chi connectivity index (χ1v) is 6.92. The molecule has 1 aromatic rings. The Hall–Kier alpha value is -1.14. The van der Waals surface area contributed by atoms with Crippen LogP contribution in [0.15, 0.2) is 16.6 Å². The lowest BCUT2D eigenvalue weighted by molar-refractivity contribution is 0.0692. The van der Waals surface area contributed by atoms with Crippen LogP contribution in [0.5, 0.6) is 0 Å². The molecule has 1 fully saturated rings. The van der Waals surface area contributed by atoms with Gasteiger partial charge in [0, 0.05) is 19.8 Å². The summed E-state index contributed by atoms with van der Waals surface area (Å²) in [6.07, 6.45) is 1.92. The molecule has 1 saturated heterocycles. The van der Waals surface area contributed by atoms with Crippen LogP contribution in [0.1, 0.15) is 23.2 Å². The van der Waals surface area contributed by atoms with Crippen LogP contribution in [0.4, 0.5) is 10.1 Å². The molecule has 2 rings (SSSR count). The van der Waals surface area contributed by atoms with E-state index in [2.05, 4.69) is 21.2 Å². The second kappa shape index (κ2) is 6.34. The molecule has 0 aliphatic carbocycles. The first kappa shape index (κ1) is 14.3. The van der Waals surface area contributed by atoms with Gasteiger partial charge in [-0.1, -0.05) is 0 Å². The zero-order valence-electron chi connectivity index (χ0n) is 10.3. The lowest BCUT2D eigenvalue weighted by Gasteiger charge is -2.23.